The highest BCUT2D eigenvalue weighted by Gasteiger charge is 2.30. The van der Waals surface area contributed by atoms with Crippen LogP contribution in [0.3, 0.4) is 0 Å². The number of carbonyl (C=O) groups is 2. The second-order valence-electron chi connectivity index (χ2n) is 6.68. The van der Waals surface area contributed by atoms with Crippen LogP contribution in [0, 0.1) is 12.8 Å². The topological polar surface area (TPSA) is 115 Å². The average molecular weight is 421 g/mol. The number of methoxy groups -OCH3 is 1. The van der Waals surface area contributed by atoms with Crippen LogP contribution in [0.15, 0.2) is 18.2 Å². The van der Waals surface area contributed by atoms with Gasteiger partial charge < -0.3 is 14.8 Å². The Morgan fingerprint density at radius 3 is 2.67 bits per heavy atom. The molecule has 0 spiro atoms. The molecule has 0 unspecified atom stereocenters. The minimum Gasteiger partial charge on any atom is -0.481 e. The lowest BCUT2D eigenvalue weighted by atomic mass is 10.2. The van der Waals surface area contributed by atoms with Crippen LogP contribution in [0.2, 0.25) is 0 Å². The first-order valence-corrected chi connectivity index (χ1v) is 9.25. The Hall–Kier alpha value is -3.37. The van der Waals surface area contributed by atoms with Crippen LogP contribution >= 0.6 is 0 Å². The predicted octanol–water partition coefficient (Wildman–Crippen LogP) is 2.11. The monoisotopic (exact) mass is 421 g/mol. The lowest BCUT2D eigenvalue weighted by Crippen LogP contribution is -2.25. The van der Waals surface area contributed by atoms with Crippen LogP contribution in [-0.2, 0) is 11.3 Å². The summed E-state index contributed by atoms with van der Waals surface area (Å²) in [5, 5.41) is 5.30. The fourth-order valence-electron chi connectivity index (χ4n) is 2.56. The molecule has 0 bridgehead atoms. The summed E-state index contributed by atoms with van der Waals surface area (Å²) in [6.45, 7) is 0.964. The van der Waals surface area contributed by atoms with Crippen molar-refractivity contribution >= 4 is 17.8 Å². The summed E-state index contributed by atoms with van der Waals surface area (Å²) >= 11 is 0. The van der Waals surface area contributed by atoms with E-state index in [2.05, 4.69) is 25.6 Å². The van der Waals surface area contributed by atoms with E-state index in [0.29, 0.717) is 11.3 Å². The molecule has 0 aromatic carbocycles. The van der Waals surface area contributed by atoms with Gasteiger partial charge in [-0.2, -0.15) is 4.98 Å². The van der Waals surface area contributed by atoms with Gasteiger partial charge in [0.1, 0.15) is 5.69 Å². The molecule has 1 aliphatic carbocycles. The highest BCUT2D eigenvalue weighted by Crippen LogP contribution is 2.29. The van der Waals surface area contributed by atoms with Gasteiger partial charge in [-0.15, -0.1) is 0 Å². The zero-order valence-corrected chi connectivity index (χ0v) is 16.4. The van der Waals surface area contributed by atoms with Crippen molar-refractivity contribution in [3.05, 3.63) is 35.2 Å². The van der Waals surface area contributed by atoms with Crippen molar-refractivity contribution in [1.29, 1.82) is 0 Å². The smallest absolute Gasteiger partial charge is 0.272 e. The van der Waals surface area contributed by atoms with E-state index in [1.807, 2.05) is 0 Å². The van der Waals surface area contributed by atoms with Gasteiger partial charge in [-0.25, -0.2) is 18.7 Å². The molecule has 1 aliphatic rings. The minimum absolute atomic E-state index is 0.00954. The first-order valence-electron chi connectivity index (χ1n) is 9.25. The van der Waals surface area contributed by atoms with E-state index < -0.39 is 18.9 Å². The first kappa shape index (κ1) is 21.3. The maximum absolute atomic E-state index is 12.5. The Bertz CT molecular complexity index is 937. The van der Waals surface area contributed by atoms with Crippen molar-refractivity contribution in [2.45, 2.75) is 32.7 Å². The van der Waals surface area contributed by atoms with Gasteiger partial charge in [0.2, 0.25) is 23.6 Å². The van der Waals surface area contributed by atoms with Crippen LogP contribution in [-0.4, -0.2) is 46.9 Å². The zero-order chi connectivity index (χ0) is 21.7. The summed E-state index contributed by atoms with van der Waals surface area (Å²) < 4.78 is 34.5. The molecule has 2 amide bonds. The number of pyridine rings is 1. The second kappa shape index (κ2) is 9.42. The molecule has 1 fully saturated rings. The van der Waals surface area contributed by atoms with E-state index in [-0.39, 0.29) is 41.8 Å². The number of carbonyl (C=O) groups excluding carboxylic acids is 2. The quantitative estimate of drug-likeness (QED) is 0.637. The zero-order valence-electron chi connectivity index (χ0n) is 16.4. The molecule has 2 aromatic heterocycles. The number of nitrogens with zero attached hydrogens (tertiary/aromatic N) is 3. The van der Waals surface area contributed by atoms with E-state index in [9.17, 15) is 18.4 Å². The summed E-state index contributed by atoms with van der Waals surface area (Å²) in [5.74, 6) is -0.446. The van der Waals surface area contributed by atoms with Crippen molar-refractivity contribution in [3.63, 3.8) is 0 Å². The largest absolute Gasteiger partial charge is 0.481 e. The number of anilines is 1. The molecule has 2 N–H and O–H groups in total. The summed E-state index contributed by atoms with van der Waals surface area (Å²) in [7, 11) is 1.37. The third-order valence-corrected chi connectivity index (χ3v) is 4.17. The third kappa shape index (κ3) is 5.82. The molecule has 0 saturated heterocycles. The van der Waals surface area contributed by atoms with Crippen LogP contribution in [0.25, 0.3) is 0 Å². The van der Waals surface area contributed by atoms with Gasteiger partial charge >= 0.3 is 0 Å². The molecule has 2 heterocycles. The molecular weight excluding hydrogens is 400 g/mol. The Labute approximate surface area is 171 Å². The highest BCUT2D eigenvalue weighted by molar-refractivity contribution is 5.95. The van der Waals surface area contributed by atoms with Gasteiger partial charge in [0.15, 0.2) is 6.61 Å². The SMILES string of the molecule is COc1nc(OCC(F)F)ccc1CNC(=O)c1cc(C)nc(NC(=O)C2CC2)n1. The van der Waals surface area contributed by atoms with Crippen molar-refractivity contribution in [3.8, 4) is 11.8 Å². The van der Waals surface area contributed by atoms with Gasteiger partial charge in [0.25, 0.3) is 12.3 Å². The van der Waals surface area contributed by atoms with E-state index in [1.165, 1.54) is 19.2 Å². The van der Waals surface area contributed by atoms with E-state index in [4.69, 9.17) is 9.47 Å². The molecule has 0 aliphatic heterocycles. The molecule has 0 radical (unpaired) electrons. The Morgan fingerprint density at radius 1 is 1.23 bits per heavy atom. The average Bonchev–Trinajstić information content (AvgIpc) is 3.55. The van der Waals surface area contributed by atoms with E-state index in [0.717, 1.165) is 12.8 Å². The predicted molar refractivity (Wildman–Crippen MR) is 102 cm³/mol. The first-order chi connectivity index (χ1) is 14.4. The van der Waals surface area contributed by atoms with Crippen molar-refractivity contribution in [2.75, 3.05) is 19.0 Å². The maximum Gasteiger partial charge on any atom is 0.272 e. The summed E-state index contributed by atoms with van der Waals surface area (Å²) in [4.78, 5) is 36.6. The van der Waals surface area contributed by atoms with Gasteiger partial charge in [-0.3, -0.25) is 14.9 Å². The second-order valence-corrected chi connectivity index (χ2v) is 6.68. The maximum atomic E-state index is 12.5. The van der Waals surface area contributed by atoms with Crippen molar-refractivity contribution < 1.29 is 27.8 Å². The van der Waals surface area contributed by atoms with Gasteiger partial charge in [-0.05, 0) is 31.9 Å². The van der Waals surface area contributed by atoms with Crippen molar-refractivity contribution in [1.82, 2.24) is 20.3 Å². The lowest BCUT2D eigenvalue weighted by Gasteiger charge is -2.12. The van der Waals surface area contributed by atoms with Crippen molar-refractivity contribution in [2.24, 2.45) is 5.92 Å². The molecule has 2 aromatic rings. The van der Waals surface area contributed by atoms with Crippen LogP contribution < -0.4 is 20.1 Å². The number of hydrogen-bond donors (Lipinski definition) is 2. The molecule has 11 heteroatoms. The number of rotatable bonds is 9. The standard InChI is InChI=1S/C19H21F2N5O4/c1-10-7-13(24-19(23-10)26-16(27)11-3-4-11)17(28)22-8-12-5-6-15(25-18(12)29-2)30-9-14(20)21/h5-7,11,14H,3-4,8-9H2,1-2H3,(H,22,28)(H,23,24,26,27). The fraction of sp³-hybridized carbons (Fsp3) is 0.421. The molecular formula is C19H21F2N5O4. The van der Waals surface area contributed by atoms with Gasteiger partial charge in [-0.1, -0.05) is 0 Å². The van der Waals surface area contributed by atoms with Crippen LogP contribution in [0.1, 0.15) is 34.6 Å². The number of amides is 2. The summed E-state index contributed by atoms with van der Waals surface area (Å²) in [5.41, 5.74) is 1.14. The van der Waals surface area contributed by atoms with E-state index in [1.54, 1.807) is 13.0 Å². The number of hydrogen-bond acceptors (Lipinski definition) is 7. The molecule has 160 valence electrons. The fourth-order valence-corrected chi connectivity index (χ4v) is 2.56. The third-order valence-electron chi connectivity index (χ3n) is 4.17. The number of halogens is 2. The number of aryl methyl sites for hydroxylation is 1. The molecule has 9 nitrogen and oxygen atoms in total. The number of alkyl halides is 2. The van der Waals surface area contributed by atoms with Gasteiger partial charge in [0, 0.05) is 29.8 Å². The molecule has 0 atom stereocenters. The normalized spacial score (nSPS) is 13.1. The Balaban J connectivity index is 1.64. The minimum atomic E-state index is -2.62. The molecule has 1 saturated carbocycles. The number of ether oxygens (including phenoxy) is 2. The summed E-state index contributed by atoms with van der Waals surface area (Å²) in [6, 6.07) is 4.46. The van der Waals surface area contributed by atoms with E-state index >= 15 is 0 Å². The summed E-state index contributed by atoms with van der Waals surface area (Å²) in [6.07, 6.45) is -0.938. The van der Waals surface area contributed by atoms with Gasteiger partial charge in [0.05, 0.1) is 7.11 Å². The highest BCUT2D eigenvalue weighted by atomic mass is 19.3. The van der Waals surface area contributed by atoms with Crippen LogP contribution in [0.4, 0.5) is 14.7 Å². The lowest BCUT2D eigenvalue weighted by molar-refractivity contribution is -0.117. The van der Waals surface area contributed by atoms with Crippen LogP contribution in [0.5, 0.6) is 11.8 Å². The Morgan fingerprint density at radius 2 is 2.00 bits per heavy atom. The number of nitrogens with one attached hydrogen (secondary N) is 2. The Kier molecular flexibility index (Phi) is 6.70. The molecule has 3 rings (SSSR count). The molecule has 30 heavy (non-hydrogen) atoms. The number of aromatic nitrogens is 3.